The quantitative estimate of drug-likeness (QED) is 0.379. The number of allylic oxidation sites excluding steroid dienone is 1. The van der Waals surface area contributed by atoms with Gasteiger partial charge in [-0.15, -0.1) is 6.58 Å². The van der Waals surface area contributed by atoms with Gasteiger partial charge in [0.1, 0.15) is 0 Å². The van der Waals surface area contributed by atoms with Crippen LogP contribution < -0.4 is 5.32 Å². The van der Waals surface area contributed by atoms with Gasteiger partial charge in [-0.25, -0.2) is 0 Å². The molecule has 0 aliphatic rings. The van der Waals surface area contributed by atoms with Crippen molar-refractivity contribution in [3.63, 3.8) is 0 Å². The van der Waals surface area contributed by atoms with Crippen LogP contribution in [0, 0.1) is 17.9 Å². The van der Waals surface area contributed by atoms with Crippen molar-refractivity contribution in [1.82, 2.24) is 0 Å². The first-order valence-electron chi connectivity index (χ1n) is 7.73. The predicted molar refractivity (Wildman–Crippen MR) is 89.7 cm³/mol. The first-order chi connectivity index (χ1) is 9.80. The number of unbranched alkanes of at least 4 members (excludes halogenated alkanes) is 1. The first-order valence-corrected chi connectivity index (χ1v) is 7.73. The highest BCUT2D eigenvalue weighted by Crippen LogP contribution is 2.15. The fraction of sp³-hybridized carbons (Fsp3) is 0.474. The van der Waals surface area contributed by atoms with Crippen molar-refractivity contribution >= 4 is 5.69 Å². The lowest BCUT2D eigenvalue weighted by atomic mass is 9.96. The van der Waals surface area contributed by atoms with Crippen molar-refractivity contribution in [2.75, 3.05) is 5.32 Å². The Bertz CT molecular complexity index is 450. The van der Waals surface area contributed by atoms with Crippen molar-refractivity contribution in [2.24, 2.45) is 5.92 Å². The van der Waals surface area contributed by atoms with Gasteiger partial charge in [0.15, 0.2) is 0 Å². The van der Waals surface area contributed by atoms with Crippen LogP contribution >= 0.6 is 0 Å². The molecule has 0 bridgehead atoms. The summed E-state index contributed by atoms with van der Waals surface area (Å²) in [4.78, 5) is 0. The summed E-state index contributed by atoms with van der Waals surface area (Å²) in [5.74, 6) is 4.01. The van der Waals surface area contributed by atoms with E-state index in [0.29, 0.717) is 0 Å². The first kappa shape index (κ1) is 16.4. The Morgan fingerprint density at radius 1 is 1.35 bits per heavy atom. The highest BCUT2D eigenvalue weighted by molar-refractivity contribution is 5.50. The van der Waals surface area contributed by atoms with E-state index in [1.165, 1.54) is 31.2 Å². The Kier molecular flexibility index (Phi) is 8.31. The number of hydrogen-bond acceptors (Lipinski definition) is 1. The van der Waals surface area contributed by atoms with Crippen molar-refractivity contribution in [3.8, 4) is 12.0 Å². The van der Waals surface area contributed by atoms with Crippen LogP contribution in [-0.4, -0.2) is 0 Å². The summed E-state index contributed by atoms with van der Waals surface area (Å²) < 4.78 is 0. The molecule has 1 atom stereocenters. The molecule has 1 aromatic carbocycles. The van der Waals surface area contributed by atoms with E-state index in [9.17, 15) is 0 Å². The molecule has 1 nitrogen and oxygen atoms in total. The van der Waals surface area contributed by atoms with Crippen molar-refractivity contribution < 1.29 is 0 Å². The number of anilines is 1. The fourth-order valence-electron chi connectivity index (χ4n) is 2.20. The molecule has 20 heavy (non-hydrogen) atoms. The highest BCUT2D eigenvalue weighted by Gasteiger charge is 2.02. The van der Waals surface area contributed by atoms with Gasteiger partial charge in [0.05, 0.1) is 0 Å². The van der Waals surface area contributed by atoms with Gasteiger partial charge in [0, 0.05) is 18.2 Å². The zero-order valence-corrected chi connectivity index (χ0v) is 12.9. The molecule has 0 saturated carbocycles. The molecule has 0 radical (unpaired) electrons. The molecule has 1 rings (SSSR count). The van der Waals surface area contributed by atoms with Gasteiger partial charge in [-0.3, -0.25) is 0 Å². The molecular weight excluding hydrogens is 242 g/mol. The van der Waals surface area contributed by atoms with Crippen LogP contribution in [0.15, 0.2) is 36.9 Å². The third kappa shape index (κ3) is 6.48. The lowest BCUT2D eigenvalue weighted by Gasteiger charge is -2.09. The van der Waals surface area contributed by atoms with Crippen LogP contribution in [0.4, 0.5) is 5.69 Å². The molecule has 0 aromatic heterocycles. The van der Waals surface area contributed by atoms with E-state index in [1.54, 1.807) is 0 Å². The SMILES string of the molecule is C=CCc1cccc(NC#CCC(CC)CCCC)c1. The molecule has 108 valence electrons. The molecular formula is C19H27N. The molecule has 1 heteroatoms. The number of rotatable bonds is 8. The molecule has 1 aromatic rings. The molecule has 0 aliphatic carbocycles. The maximum atomic E-state index is 3.77. The Balaban J connectivity index is 2.44. The van der Waals surface area contributed by atoms with Crippen LogP contribution in [0.25, 0.3) is 0 Å². The maximum Gasteiger partial charge on any atom is 0.0461 e. The standard InChI is InChI=1S/C19H27N/c1-4-7-11-17(6-3)13-9-15-20-19-14-8-12-18(16-19)10-5-2/h5,8,12,14,16-17,20H,2,4,6-7,10-11,13H2,1,3H3. The summed E-state index contributed by atoms with van der Waals surface area (Å²) in [7, 11) is 0. The van der Waals surface area contributed by atoms with Gasteiger partial charge in [0.25, 0.3) is 0 Å². The minimum Gasteiger partial charge on any atom is -0.315 e. The molecule has 0 fully saturated rings. The summed E-state index contributed by atoms with van der Waals surface area (Å²) in [5.41, 5.74) is 2.33. The average Bonchev–Trinajstić information content (AvgIpc) is 2.47. The highest BCUT2D eigenvalue weighted by atomic mass is 14.8. The van der Waals surface area contributed by atoms with Crippen molar-refractivity contribution in [2.45, 2.75) is 52.4 Å². The zero-order chi connectivity index (χ0) is 14.6. The molecule has 0 aliphatic heterocycles. The summed E-state index contributed by atoms with van der Waals surface area (Å²) in [6, 6.07) is 11.4. The van der Waals surface area contributed by atoms with Gasteiger partial charge in [0.2, 0.25) is 0 Å². The summed E-state index contributed by atoms with van der Waals surface area (Å²) in [6.45, 7) is 8.27. The normalized spacial score (nSPS) is 11.3. The lowest BCUT2D eigenvalue weighted by Crippen LogP contribution is -1.97. The second-order valence-corrected chi connectivity index (χ2v) is 5.24. The molecule has 1 N–H and O–H groups in total. The van der Waals surface area contributed by atoms with Gasteiger partial charge in [-0.05, 0) is 36.5 Å². The second kappa shape index (κ2) is 10.1. The Morgan fingerprint density at radius 3 is 2.90 bits per heavy atom. The van der Waals surface area contributed by atoms with Gasteiger partial charge in [-0.1, -0.05) is 57.2 Å². The van der Waals surface area contributed by atoms with E-state index >= 15 is 0 Å². The van der Waals surface area contributed by atoms with E-state index in [0.717, 1.165) is 24.4 Å². The minimum atomic E-state index is 0.747. The Hall–Kier alpha value is -1.68. The molecule has 0 amide bonds. The van der Waals surface area contributed by atoms with Gasteiger partial charge < -0.3 is 5.32 Å². The average molecular weight is 269 g/mol. The van der Waals surface area contributed by atoms with Gasteiger partial charge in [-0.2, -0.15) is 0 Å². The fourth-order valence-corrected chi connectivity index (χ4v) is 2.20. The van der Waals surface area contributed by atoms with Crippen molar-refractivity contribution in [1.29, 1.82) is 0 Å². The zero-order valence-electron chi connectivity index (χ0n) is 12.9. The smallest absolute Gasteiger partial charge is 0.0461 e. The minimum absolute atomic E-state index is 0.747. The number of benzene rings is 1. The topological polar surface area (TPSA) is 12.0 Å². The third-order valence-electron chi connectivity index (χ3n) is 3.54. The summed E-state index contributed by atoms with van der Waals surface area (Å²) in [6.07, 6.45) is 8.94. The number of hydrogen-bond donors (Lipinski definition) is 1. The maximum absolute atomic E-state index is 3.77. The Labute approximate surface area is 124 Å². The van der Waals surface area contributed by atoms with E-state index < -0.39 is 0 Å². The molecule has 0 spiro atoms. The predicted octanol–water partition coefficient (Wildman–Crippen LogP) is 5.39. The number of nitrogens with one attached hydrogen (secondary N) is 1. The largest absolute Gasteiger partial charge is 0.315 e. The van der Waals surface area contributed by atoms with Crippen LogP contribution in [0.1, 0.15) is 51.5 Å². The summed E-state index contributed by atoms with van der Waals surface area (Å²) in [5, 5.41) is 3.18. The van der Waals surface area contributed by atoms with Crippen LogP contribution in [0.2, 0.25) is 0 Å². The summed E-state index contributed by atoms with van der Waals surface area (Å²) >= 11 is 0. The molecule has 1 unspecified atom stereocenters. The monoisotopic (exact) mass is 269 g/mol. The molecule has 0 heterocycles. The van der Waals surface area contributed by atoms with E-state index in [1.807, 2.05) is 6.08 Å². The van der Waals surface area contributed by atoms with Crippen LogP contribution in [-0.2, 0) is 6.42 Å². The third-order valence-corrected chi connectivity index (χ3v) is 3.54. The van der Waals surface area contributed by atoms with E-state index in [-0.39, 0.29) is 0 Å². The lowest BCUT2D eigenvalue weighted by molar-refractivity contribution is 0.462. The van der Waals surface area contributed by atoms with Crippen LogP contribution in [0.5, 0.6) is 0 Å². The van der Waals surface area contributed by atoms with Crippen LogP contribution in [0.3, 0.4) is 0 Å². The second-order valence-electron chi connectivity index (χ2n) is 5.24. The van der Waals surface area contributed by atoms with Crippen molar-refractivity contribution in [3.05, 3.63) is 42.5 Å². The van der Waals surface area contributed by atoms with Gasteiger partial charge >= 0.3 is 0 Å². The molecule has 0 saturated heterocycles. The van der Waals surface area contributed by atoms with E-state index in [2.05, 4.69) is 62.0 Å². The Morgan fingerprint density at radius 2 is 2.20 bits per heavy atom. The van der Waals surface area contributed by atoms with E-state index in [4.69, 9.17) is 0 Å².